The Hall–Kier alpha value is -2.34. The van der Waals surface area contributed by atoms with Gasteiger partial charge in [-0.3, -0.25) is 0 Å². The van der Waals surface area contributed by atoms with E-state index in [0.717, 1.165) is 26.5 Å². The van der Waals surface area contributed by atoms with E-state index in [4.69, 9.17) is 0 Å². The van der Waals surface area contributed by atoms with Gasteiger partial charge in [-0.15, -0.1) is 0 Å². The summed E-state index contributed by atoms with van der Waals surface area (Å²) in [5.41, 5.74) is 4.60. The summed E-state index contributed by atoms with van der Waals surface area (Å²) in [6.45, 7) is 0. The maximum Gasteiger partial charge on any atom is 0.0397 e. The molecular weight excluding hydrogens is 460 g/mol. The fourth-order valence-corrected chi connectivity index (χ4v) is 4.01. The van der Waals surface area contributed by atoms with Crippen LogP contribution in [0.3, 0.4) is 0 Å². The SMILES string of the molecule is Brc1cc2cc(Cc3ccccc3)c(Br)cc2cc1C#Cc1ccccc1. The second-order valence-electron chi connectivity index (χ2n) is 6.40. The fraction of sp³-hybridized carbons (Fsp3) is 0.0400. The third kappa shape index (κ3) is 4.33. The average molecular weight is 476 g/mol. The number of hydrogen-bond donors (Lipinski definition) is 0. The van der Waals surface area contributed by atoms with Crippen molar-refractivity contribution in [3.8, 4) is 11.8 Å². The topological polar surface area (TPSA) is 0 Å². The molecule has 4 aromatic carbocycles. The third-order valence-corrected chi connectivity index (χ3v) is 5.84. The van der Waals surface area contributed by atoms with Gasteiger partial charge >= 0.3 is 0 Å². The van der Waals surface area contributed by atoms with Crippen LogP contribution in [0.2, 0.25) is 0 Å². The molecule has 0 aliphatic heterocycles. The Morgan fingerprint density at radius 2 is 1.26 bits per heavy atom. The summed E-state index contributed by atoms with van der Waals surface area (Å²) < 4.78 is 2.15. The Morgan fingerprint density at radius 1 is 0.630 bits per heavy atom. The van der Waals surface area contributed by atoms with Gasteiger partial charge in [-0.25, -0.2) is 0 Å². The van der Waals surface area contributed by atoms with Crippen molar-refractivity contribution in [1.29, 1.82) is 0 Å². The molecule has 0 aliphatic carbocycles. The highest BCUT2D eigenvalue weighted by Gasteiger charge is 2.07. The number of hydrogen-bond acceptors (Lipinski definition) is 0. The zero-order valence-electron chi connectivity index (χ0n) is 14.5. The molecule has 130 valence electrons. The van der Waals surface area contributed by atoms with Crippen molar-refractivity contribution in [2.24, 2.45) is 0 Å². The lowest BCUT2D eigenvalue weighted by molar-refractivity contribution is 1.19. The lowest BCUT2D eigenvalue weighted by Crippen LogP contribution is -1.91. The first-order valence-electron chi connectivity index (χ1n) is 8.72. The van der Waals surface area contributed by atoms with Crippen LogP contribution in [0.15, 0.2) is 93.9 Å². The van der Waals surface area contributed by atoms with Crippen LogP contribution < -0.4 is 0 Å². The maximum absolute atomic E-state index is 3.75. The van der Waals surface area contributed by atoms with Gasteiger partial charge in [0, 0.05) is 20.1 Å². The zero-order valence-corrected chi connectivity index (χ0v) is 17.7. The van der Waals surface area contributed by atoms with Crippen LogP contribution in [0.25, 0.3) is 10.8 Å². The van der Waals surface area contributed by atoms with Crippen LogP contribution in [-0.2, 0) is 6.42 Å². The standard InChI is InChI=1S/C25H16Br2/c26-24-16-22-15-23(13-19-9-5-2-6-10-19)25(27)17-21(22)14-20(24)12-11-18-7-3-1-4-8-18/h1-10,14-17H,13H2. The van der Waals surface area contributed by atoms with Gasteiger partial charge in [0.25, 0.3) is 0 Å². The van der Waals surface area contributed by atoms with Gasteiger partial charge < -0.3 is 0 Å². The van der Waals surface area contributed by atoms with E-state index in [1.54, 1.807) is 0 Å². The first-order valence-corrected chi connectivity index (χ1v) is 10.3. The fourth-order valence-electron chi connectivity index (χ4n) is 3.05. The van der Waals surface area contributed by atoms with Crippen LogP contribution >= 0.6 is 31.9 Å². The molecule has 0 aliphatic rings. The quantitative estimate of drug-likeness (QED) is 0.266. The Kier molecular flexibility index (Phi) is 5.43. The van der Waals surface area contributed by atoms with E-state index < -0.39 is 0 Å². The molecule has 0 saturated heterocycles. The molecule has 0 unspecified atom stereocenters. The first-order chi connectivity index (χ1) is 13.2. The van der Waals surface area contributed by atoms with Gasteiger partial charge in [-0.1, -0.05) is 76.3 Å². The molecule has 0 atom stereocenters. The van der Waals surface area contributed by atoms with Gasteiger partial charge in [0.1, 0.15) is 0 Å². The predicted octanol–water partition coefficient (Wildman–Crippen LogP) is 7.36. The molecule has 0 heterocycles. The second kappa shape index (κ2) is 8.13. The summed E-state index contributed by atoms with van der Waals surface area (Å²) >= 11 is 7.43. The van der Waals surface area contributed by atoms with Crippen molar-refractivity contribution in [1.82, 2.24) is 0 Å². The van der Waals surface area contributed by atoms with E-state index >= 15 is 0 Å². The summed E-state index contributed by atoms with van der Waals surface area (Å²) in [6, 6.07) is 29.3. The van der Waals surface area contributed by atoms with E-state index in [1.165, 1.54) is 21.9 Å². The third-order valence-electron chi connectivity index (χ3n) is 4.44. The van der Waals surface area contributed by atoms with Crippen molar-refractivity contribution >= 4 is 42.6 Å². The minimum Gasteiger partial charge on any atom is -0.0622 e. The Bertz CT molecular complexity index is 1150. The number of benzene rings is 4. The number of fused-ring (bicyclic) bond motifs is 1. The predicted molar refractivity (Wildman–Crippen MR) is 121 cm³/mol. The average Bonchev–Trinajstić information content (AvgIpc) is 2.69. The molecule has 0 radical (unpaired) electrons. The van der Waals surface area contributed by atoms with Gasteiger partial charge in [0.2, 0.25) is 0 Å². The van der Waals surface area contributed by atoms with Crippen molar-refractivity contribution in [3.05, 3.63) is 116 Å². The molecular formula is C25H16Br2. The van der Waals surface area contributed by atoms with Crippen molar-refractivity contribution in [3.63, 3.8) is 0 Å². The van der Waals surface area contributed by atoms with Crippen molar-refractivity contribution in [2.75, 3.05) is 0 Å². The summed E-state index contributed by atoms with van der Waals surface area (Å²) in [5.74, 6) is 6.52. The normalized spacial score (nSPS) is 10.4. The molecule has 0 N–H and O–H groups in total. The molecule has 0 fully saturated rings. The summed E-state index contributed by atoms with van der Waals surface area (Å²) in [4.78, 5) is 0. The van der Waals surface area contributed by atoms with E-state index in [2.05, 4.69) is 92.2 Å². The highest BCUT2D eigenvalue weighted by Crippen LogP contribution is 2.30. The van der Waals surface area contributed by atoms with Crippen LogP contribution in [-0.4, -0.2) is 0 Å². The molecule has 0 saturated carbocycles. The lowest BCUT2D eigenvalue weighted by Gasteiger charge is -2.09. The zero-order chi connectivity index (χ0) is 18.6. The highest BCUT2D eigenvalue weighted by molar-refractivity contribution is 9.10. The van der Waals surface area contributed by atoms with Crippen molar-refractivity contribution < 1.29 is 0 Å². The second-order valence-corrected chi connectivity index (χ2v) is 8.11. The van der Waals surface area contributed by atoms with Crippen LogP contribution in [0, 0.1) is 11.8 Å². The Morgan fingerprint density at radius 3 is 2.00 bits per heavy atom. The minimum absolute atomic E-state index is 0.907. The van der Waals surface area contributed by atoms with E-state index in [1.807, 2.05) is 36.4 Å². The first kappa shape index (κ1) is 18.0. The van der Waals surface area contributed by atoms with Crippen molar-refractivity contribution in [2.45, 2.75) is 6.42 Å². The maximum atomic E-state index is 3.75. The van der Waals surface area contributed by atoms with E-state index in [9.17, 15) is 0 Å². The molecule has 0 nitrogen and oxygen atoms in total. The molecule has 27 heavy (non-hydrogen) atoms. The molecule has 0 bridgehead atoms. The number of halogens is 2. The van der Waals surface area contributed by atoms with E-state index in [-0.39, 0.29) is 0 Å². The molecule has 2 heteroatoms. The van der Waals surface area contributed by atoms with Crippen LogP contribution in [0.5, 0.6) is 0 Å². The molecule has 0 amide bonds. The highest BCUT2D eigenvalue weighted by atomic mass is 79.9. The smallest absolute Gasteiger partial charge is 0.0397 e. The summed E-state index contributed by atoms with van der Waals surface area (Å²) in [7, 11) is 0. The molecule has 4 rings (SSSR count). The van der Waals surface area contributed by atoms with Crippen LogP contribution in [0.1, 0.15) is 22.3 Å². The van der Waals surface area contributed by atoms with Gasteiger partial charge in [0.05, 0.1) is 0 Å². The van der Waals surface area contributed by atoms with Gasteiger partial charge in [-0.05, 0) is 80.6 Å². The molecule has 0 spiro atoms. The van der Waals surface area contributed by atoms with Gasteiger partial charge in [-0.2, -0.15) is 0 Å². The lowest BCUT2D eigenvalue weighted by atomic mass is 10.00. The summed E-state index contributed by atoms with van der Waals surface area (Å²) in [6.07, 6.45) is 0.907. The molecule has 0 aromatic heterocycles. The Labute approximate surface area is 176 Å². The molecule has 4 aromatic rings. The minimum atomic E-state index is 0.907. The van der Waals surface area contributed by atoms with E-state index in [0.29, 0.717) is 0 Å². The number of rotatable bonds is 2. The van der Waals surface area contributed by atoms with Crippen LogP contribution in [0.4, 0.5) is 0 Å². The monoisotopic (exact) mass is 474 g/mol. The van der Waals surface area contributed by atoms with Gasteiger partial charge in [0.15, 0.2) is 0 Å². The largest absolute Gasteiger partial charge is 0.0622 e. The Balaban J connectivity index is 1.71. The summed E-state index contributed by atoms with van der Waals surface area (Å²) in [5, 5.41) is 2.39.